The van der Waals surface area contributed by atoms with Crippen molar-refractivity contribution in [1.29, 1.82) is 0 Å². The summed E-state index contributed by atoms with van der Waals surface area (Å²) < 4.78 is 0. The lowest BCUT2D eigenvalue weighted by Crippen LogP contribution is -2.62. The summed E-state index contributed by atoms with van der Waals surface area (Å²) in [5, 5.41) is 13.4. The van der Waals surface area contributed by atoms with Crippen LogP contribution >= 0.6 is 23.2 Å². The summed E-state index contributed by atoms with van der Waals surface area (Å²) in [6.45, 7) is 0.418. The molecular formula is C24H22Cl2N2O4. The third-order valence-electron chi connectivity index (χ3n) is 6.86. The largest absolute Gasteiger partial charge is 0.481 e. The molecule has 6 nitrogen and oxygen atoms in total. The highest BCUT2D eigenvalue weighted by molar-refractivity contribution is 6.31. The Hall–Kier alpha value is -2.57. The van der Waals surface area contributed by atoms with Crippen LogP contribution in [0.3, 0.4) is 0 Å². The summed E-state index contributed by atoms with van der Waals surface area (Å²) in [5.41, 5.74) is 0.804. The molecule has 8 heteroatoms. The molecule has 0 aromatic heterocycles. The monoisotopic (exact) mass is 472 g/mol. The minimum Gasteiger partial charge on any atom is -0.481 e. The zero-order valence-corrected chi connectivity index (χ0v) is 18.7. The molecular weight excluding hydrogens is 451 g/mol. The number of fused-ring (bicyclic) bond motifs is 2. The standard InChI is InChI=1S/C24H22Cl2N2O4/c25-16-3-1-2-14(8-16)19-9-15(10-21(29)30)22(31)28(12-13-4-5-13)24(19)18-7-6-17(26)11-20(18)27-23(24)32/h1-3,6-8,11,13,15,19H,4-5,9-10,12H2,(H,27,32)(H,29,30). The van der Waals surface area contributed by atoms with Gasteiger partial charge in [0.25, 0.3) is 5.91 Å². The fourth-order valence-electron chi connectivity index (χ4n) is 5.32. The maximum atomic E-state index is 13.8. The number of likely N-dealkylation sites (tertiary alicyclic amines) is 1. The summed E-state index contributed by atoms with van der Waals surface area (Å²) in [6, 6.07) is 12.5. The van der Waals surface area contributed by atoms with E-state index in [1.54, 1.807) is 35.2 Å². The Morgan fingerprint density at radius 1 is 1.12 bits per heavy atom. The molecule has 1 saturated carbocycles. The van der Waals surface area contributed by atoms with Gasteiger partial charge < -0.3 is 15.3 Å². The van der Waals surface area contributed by atoms with E-state index in [0.717, 1.165) is 18.4 Å². The van der Waals surface area contributed by atoms with Crippen LogP contribution in [0.1, 0.15) is 42.7 Å². The lowest BCUT2D eigenvalue weighted by atomic mass is 9.66. The Kier molecular flexibility index (Phi) is 5.18. The van der Waals surface area contributed by atoms with E-state index in [2.05, 4.69) is 5.32 Å². The molecule has 2 heterocycles. The Morgan fingerprint density at radius 2 is 1.88 bits per heavy atom. The van der Waals surface area contributed by atoms with E-state index in [-0.39, 0.29) is 24.7 Å². The maximum absolute atomic E-state index is 13.8. The van der Waals surface area contributed by atoms with Crippen LogP contribution in [0.25, 0.3) is 0 Å². The summed E-state index contributed by atoms with van der Waals surface area (Å²) >= 11 is 12.5. The number of carbonyl (C=O) groups is 3. The summed E-state index contributed by atoms with van der Waals surface area (Å²) in [5.74, 6) is -2.46. The second kappa shape index (κ2) is 7.78. The number of anilines is 1. The minimum atomic E-state index is -1.28. The molecule has 3 unspecified atom stereocenters. The van der Waals surface area contributed by atoms with Crippen LogP contribution in [-0.4, -0.2) is 34.3 Å². The van der Waals surface area contributed by atoms with Crippen molar-refractivity contribution in [3.63, 3.8) is 0 Å². The average molecular weight is 473 g/mol. The fraction of sp³-hybridized carbons (Fsp3) is 0.375. The topological polar surface area (TPSA) is 86.7 Å². The molecule has 2 N–H and O–H groups in total. The predicted molar refractivity (Wildman–Crippen MR) is 121 cm³/mol. The molecule has 2 fully saturated rings. The fourth-order valence-corrected chi connectivity index (χ4v) is 5.69. The van der Waals surface area contributed by atoms with E-state index >= 15 is 0 Å². The van der Waals surface area contributed by atoms with Crippen molar-refractivity contribution in [2.24, 2.45) is 11.8 Å². The van der Waals surface area contributed by atoms with E-state index in [1.165, 1.54) is 0 Å². The van der Waals surface area contributed by atoms with E-state index in [9.17, 15) is 19.5 Å². The first kappa shape index (κ1) is 21.3. The molecule has 32 heavy (non-hydrogen) atoms. The Labute approximate surface area is 195 Å². The molecule has 0 radical (unpaired) electrons. The Morgan fingerprint density at radius 3 is 2.56 bits per heavy atom. The first-order valence-corrected chi connectivity index (χ1v) is 11.5. The van der Waals surface area contributed by atoms with Crippen molar-refractivity contribution < 1.29 is 19.5 Å². The van der Waals surface area contributed by atoms with Crippen molar-refractivity contribution in [2.75, 3.05) is 11.9 Å². The van der Waals surface area contributed by atoms with Crippen LogP contribution < -0.4 is 5.32 Å². The van der Waals surface area contributed by atoms with Gasteiger partial charge in [0.05, 0.1) is 6.42 Å². The molecule has 2 aromatic carbocycles. The first-order valence-electron chi connectivity index (χ1n) is 10.7. The average Bonchev–Trinajstić information content (AvgIpc) is 3.51. The number of benzene rings is 2. The van der Waals surface area contributed by atoms with Gasteiger partial charge in [0.2, 0.25) is 5.91 Å². The van der Waals surface area contributed by atoms with Gasteiger partial charge in [0.1, 0.15) is 0 Å². The van der Waals surface area contributed by atoms with Crippen molar-refractivity contribution in [2.45, 2.75) is 37.1 Å². The Bertz CT molecular complexity index is 1130. The molecule has 2 aromatic rings. The number of carboxylic acid groups (broad SMARTS) is 1. The van der Waals surface area contributed by atoms with Crippen LogP contribution in [0, 0.1) is 11.8 Å². The highest BCUT2D eigenvalue weighted by Gasteiger charge is 2.62. The van der Waals surface area contributed by atoms with Gasteiger partial charge in [-0.3, -0.25) is 14.4 Å². The summed E-state index contributed by atoms with van der Waals surface area (Å²) in [6.07, 6.45) is 1.94. The first-order chi connectivity index (χ1) is 15.3. The zero-order valence-electron chi connectivity index (χ0n) is 17.2. The molecule has 1 spiro atoms. The molecule has 1 aliphatic carbocycles. The molecule has 3 atom stereocenters. The number of amides is 2. The van der Waals surface area contributed by atoms with Crippen LogP contribution in [0.4, 0.5) is 5.69 Å². The van der Waals surface area contributed by atoms with Gasteiger partial charge in [0, 0.05) is 39.7 Å². The lowest BCUT2D eigenvalue weighted by Gasteiger charge is -2.51. The second-order valence-electron chi connectivity index (χ2n) is 8.94. The van der Waals surface area contributed by atoms with Crippen LogP contribution in [0.5, 0.6) is 0 Å². The van der Waals surface area contributed by atoms with Gasteiger partial charge >= 0.3 is 5.97 Å². The van der Waals surface area contributed by atoms with Gasteiger partial charge in [-0.2, -0.15) is 0 Å². The van der Waals surface area contributed by atoms with Gasteiger partial charge in [-0.15, -0.1) is 0 Å². The van der Waals surface area contributed by atoms with E-state index in [0.29, 0.717) is 33.8 Å². The minimum absolute atomic E-state index is 0.238. The molecule has 1 saturated heterocycles. The second-order valence-corrected chi connectivity index (χ2v) is 9.81. The highest BCUT2D eigenvalue weighted by Crippen LogP contribution is 2.56. The predicted octanol–water partition coefficient (Wildman–Crippen LogP) is 4.66. The van der Waals surface area contributed by atoms with E-state index < -0.39 is 23.3 Å². The molecule has 3 aliphatic rings. The van der Waals surface area contributed by atoms with Crippen molar-refractivity contribution in [1.82, 2.24) is 4.90 Å². The molecule has 166 valence electrons. The smallest absolute Gasteiger partial charge is 0.304 e. The van der Waals surface area contributed by atoms with Crippen LogP contribution in [0.2, 0.25) is 10.0 Å². The normalized spacial score (nSPS) is 26.9. The molecule has 0 bridgehead atoms. The third-order valence-corrected chi connectivity index (χ3v) is 7.33. The van der Waals surface area contributed by atoms with Crippen LogP contribution in [-0.2, 0) is 19.9 Å². The number of hydrogen-bond acceptors (Lipinski definition) is 3. The summed E-state index contributed by atoms with van der Waals surface area (Å²) in [4.78, 5) is 40.7. The SMILES string of the molecule is O=C(O)CC1CC(c2cccc(Cl)c2)C2(C(=O)Nc3cc(Cl)ccc32)N(CC2CC2)C1=O. The Balaban J connectivity index is 1.74. The number of nitrogens with one attached hydrogen (secondary N) is 1. The quantitative estimate of drug-likeness (QED) is 0.662. The number of nitrogens with zero attached hydrogens (tertiary/aromatic N) is 1. The van der Waals surface area contributed by atoms with Crippen molar-refractivity contribution in [3.05, 3.63) is 63.6 Å². The number of piperidine rings is 1. The van der Waals surface area contributed by atoms with Gasteiger partial charge in [-0.25, -0.2) is 0 Å². The molecule has 2 amide bonds. The van der Waals surface area contributed by atoms with Crippen molar-refractivity contribution >= 4 is 46.7 Å². The zero-order chi connectivity index (χ0) is 22.6. The van der Waals surface area contributed by atoms with Gasteiger partial charge in [0.15, 0.2) is 5.54 Å². The molecule has 2 aliphatic heterocycles. The summed E-state index contributed by atoms with van der Waals surface area (Å²) in [7, 11) is 0. The number of hydrogen-bond donors (Lipinski definition) is 2. The highest BCUT2D eigenvalue weighted by atomic mass is 35.5. The number of rotatable bonds is 5. The number of halogens is 2. The molecule has 5 rings (SSSR count). The maximum Gasteiger partial charge on any atom is 0.304 e. The van der Waals surface area contributed by atoms with E-state index in [1.807, 2.05) is 12.1 Å². The lowest BCUT2D eigenvalue weighted by molar-refractivity contribution is -0.160. The van der Waals surface area contributed by atoms with E-state index in [4.69, 9.17) is 23.2 Å². The number of carboxylic acids is 1. The third kappa shape index (κ3) is 3.37. The number of aliphatic carboxylic acids is 1. The number of carbonyl (C=O) groups excluding carboxylic acids is 2. The van der Waals surface area contributed by atoms with Crippen molar-refractivity contribution in [3.8, 4) is 0 Å². The van der Waals surface area contributed by atoms with Gasteiger partial charge in [-0.1, -0.05) is 41.4 Å². The van der Waals surface area contributed by atoms with Gasteiger partial charge in [-0.05, 0) is 55.0 Å². The van der Waals surface area contributed by atoms with Crippen LogP contribution in [0.15, 0.2) is 42.5 Å².